The Hall–Kier alpha value is -0.410. The van der Waals surface area contributed by atoms with Gasteiger partial charge in [-0.2, -0.15) is 0 Å². The molecular formula is C19H29O4P. The summed E-state index contributed by atoms with van der Waals surface area (Å²) in [5.74, 6) is 1.78. The van der Waals surface area contributed by atoms with E-state index in [-0.39, 0.29) is 16.9 Å². The van der Waals surface area contributed by atoms with Crippen molar-refractivity contribution in [2.75, 3.05) is 0 Å². The van der Waals surface area contributed by atoms with Gasteiger partial charge in [-0.05, 0) is 85.2 Å². The van der Waals surface area contributed by atoms with Crippen LogP contribution in [0.5, 0.6) is 0 Å². The van der Waals surface area contributed by atoms with Gasteiger partial charge in [-0.15, -0.1) is 0 Å². The van der Waals surface area contributed by atoms with Crippen LogP contribution >= 0.6 is 7.60 Å². The minimum absolute atomic E-state index is 0.0382. The molecule has 0 aromatic heterocycles. The van der Waals surface area contributed by atoms with E-state index >= 15 is 0 Å². The monoisotopic (exact) mass is 352 g/mol. The van der Waals surface area contributed by atoms with E-state index in [1.165, 1.54) is 0 Å². The second kappa shape index (κ2) is 5.30. The summed E-state index contributed by atoms with van der Waals surface area (Å²) in [4.78, 5) is 19.0. The van der Waals surface area contributed by atoms with E-state index in [1.54, 1.807) is 6.08 Å². The van der Waals surface area contributed by atoms with Crippen LogP contribution < -0.4 is 0 Å². The predicted molar refractivity (Wildman–Crippen MR) is 93.2 cm³/mol. The molecule has 0 saturated heterocycles. The molecule has 0 radical (unpaired) electrons. The van der Waals surface area contributed by atoms with Crippen LogP contribution in [0, 0.1) is 28.6 Å². The van der Waals surface area contributed by atoms with Gasteiger partial charge in [0, 0.05) is 5.31 Å². The molecule has 0 spiro atoms. The summed E-state index contributed by atoms with van der Waals surface area (Å²) in [5.41, 5.74) is 1.26. The first-order valence-electron chi connectivity index (χ1n) is 9.31. The quantitative estimate of drug-likeness (QED) is 0.624. The van der Waals surface area contributed by atoms with Gasteiger partial charge >= 0.3 is 7.60 Å². The van der Waals surface area contributed by atoms with Crippen LogP contribution in [0.15, 0.2) is 23.0 Å². The van der Waals surface area contributed by atoms with E-state index in [2.05, 4.69) is 19.9 Å². The zero-order chi connectivity index (χ0) is 17.3. The summed E-state index contributed by atoms with van der Waals surface area (Å²) in [6, 6.07) is 0. The van der Waals surface area contributed by atoms with Crippen molar-refractivity contribution in [3.63, 3.8) is 0 Å². The van der Waals surface area contributed by atoms with E-state index in [1.807, 2.05) is 0 Å². The fraction of sp³-hybridized carbons (Fsp3) is 0.789. The van der Waals surface area contributed by atoms with E-state index in [0.29, 0.717) is 29.5 Å². The van der Waals surface area contributed by atoms with E-state index in [9.17, 15) is 19.5 Å². The Balaban J connectivity index is 1.70. The zero-order valence-electron chi connectivity index (χ0n) is 14.6. The normalized spacial score (nSPS) is 48.0. The second-order valence-electron chi connectivity index (χ2n) is 9.01. The van der Waals surface area contributed by atoms with Crippen LogP contribution in [0.1, 0.15) is 58.8 Å². The standard InChI is InChI=1S/C19H29O4P/c1-18-9-7-13(24(21,22)23)11-12(18)3-4-14-15-5-6-17(20)19(15,2)10-8-16(14)18/h3,11,14-17,20H,4-10H2,1-2H3,(H2,21,22,23)/t14-,15-,16-,17+,18-,19-/m0/s1. The summed E-state index contributed by atoms with van der Waals surface area (Å²) in [7, 11) is -4.12. The highest BCUT2D eigenvalue weighted by Gasteiger charge is 2.58. The largest absolute Gasteiger partial charge is 0.393 e. The number of hydrogen-bond acceptors (Lipinski definition) is 2. The third kappa shape index (κ3) is 2.26. The molecule has 2 saturated carbocycles. The van der Waals surface area contributed by atoms with Gasteiger partial charge in [-0.3, -0.25) is 4.57 Å². The van der Waals surface area contributed by atoms with Crippen molar-refractivity contribution in [1.29, 1.82) is 0 Å². The molecule has 0 aliphatic heterocycles. The number of aliphatic hydroxyl groups is 1. The fourth-order valence-electron chi connectivity index (χ4n) is 6.51. The van der Waals surface area contributed by atoms with E-state index in [4.69, 9.17) is 0 Å². The lowest BCUT2D eigenvalue weighted by molar-refractivity contribution is -0.0625. The first-order valence-corrected chi connectivity index (χ1v) is 10.9. The Labute approximate surface area is 144 Å². The summed E-state index contributed by atoms with van der Waals surface area (Å²) in [6.07, 6.45) is 10.5. The molecule has 4 aliphatic carbocycles. The highest BCUT2D eigenvalue weighted by atomic mass is 31.2. The summed E-state index contributed by atoms with van der Waals surface area (Å²) >= 11 is 0. The number of allylic oxidation sites excluding steroid dienone is 4. The SMILES string of the molecule is C[C@]12CC[C@H]3[C@@H](CC=C4C=C(P(=O)(O)O)CC[C@@]43C)[C@@H]1CC[C@H]2O. The molecular weight excluding hydrogens is 323 g/mol. The van der Waals surface area contributed by atoms with Crippen molar-refractivity contribution in [1.82, 2.24) is 0 Å². The Morgan fingerprint density at radius 2 is 1.88 bits per heavy atom. The lowest BCUT2D eigenvalue weighted by Crippen LogP contribution is -2.50. The third-order valence-corrected chi connectivity index (χ3v) is 9.17. The number of aliphatic hydroxyl groups excluding tert-OH is 1. The number of fused-ring (bicyclic) bond motifs is 5. The van der Waals surface area contributed by atoms with Crippen LogP contribution in [-0.4, -0.2) is 21.0 Å². The predicted octanol–water partition coefficient (Wildman–Crippen LogP) is 3.98. The van der Waals surface area contributed by atoms with Gasteiger partial charge in [0.15, 0.2) is 0 Å². The maximum atomic E-state index is 11.6. The molecule has 0 unspecified atom stereocenters. The fourth-order valence-corrected chi connectivity index (χ4v) is 7.22. The van der Waals surface area contributed by atoms with Crippen LogP contribution in [0.2, 0.25) is 0 Å². The topological polar surface area (TPSA) is 77.8 Å². The molecule has 4 rings (SSSR count). The van der Waals surface area contributed by atoms with Crippen LogP contribution in [0.25, 0.3) is 0 Å². The summed E-state index contributed by atoms with van der Waals surface area (Å²) in [5, 5.41) is 10.8. The van der Waals surface area contributed by atoms with Gasteiger partial charge in [-0.1, -0.05) is 19.9 Å². The lowest BCUT2D eigenvalue weighted by atomic mass is 9.49. The molecule has 24 heavy (non-hydrogen) atoms. The summed E-state index contributed by atoms with van der Waals surface area (Å²) < 4.78 is 11.6. The highest BCUT2D eigenvalue weighted by molar-refractivity contribution is 7.56. The van der Waals surface area contributed by atoms with Crippen LogP contribution in [0.4, 0.5) is 0 Å². The molecule has 0 heterocycles. The van der Waals surface area contributed by atoms with Crippen molar-refractivity contribution in [3.8, 4) is 0 Å². The molecule has 4 aliphatic rings. The molecule has 3 N–H and O–H groups in total. The van der Waals surface area contributed by atoms with Gasteiger partial charge in [0.1, 0.15) is 0 Å². The first kappa shape index (κ1) is 17.0. The van der Waals surface area contributed by atoms with E-state index < -0.39 is 7.60 Å². The highest BCUT2D eigenvalue weighted by Crippen LogP contribution is 2.65. The Bertz CT molecular complexity index is 662. The van der Waals surface area contributed by atoms with Crippen molar-refractivity contribution >= 4 is 7.60 Å². The Morgan fingerprint density at radius 3 is 2.58 bits per heavy atom. The molecule has 0 amide bonds. The molecule has 0 aromatic rings. The second-order valence-corrected chi connectivity index (χ2v) is 10.7. The maximum absolute atomic E-state index is 11.6. The first-order chi connectivity index (χ1) is 11.2. The van der Waals surface area contributed by atoms with Gasteiger partial charge in [0.25, 0.3) is 0 Å². The maximum Gasteiger partial charge on any atom is 0.352 e. The molecule has 134 valence electrons. The van der Waals surface area contributed by atoms with Crippen molar-refractivity contribution in [2.45, 2.75) is 64.9 Å². The minimum atomic E-state index is -4.12. The van der Waals surface area contributed by atoms with Gasteiger partial charge < -0.3 is 14.9 Å². The molecule has 0 bridgehead atoms. The average molecular weight is 352 g/mol. The number of rotatable bonds is 1. The zero-order valence-corrected chi connectivity index (χ0v) is 15.5. The molecule has 6 atom stereocenters. The minimum Gasteiger partial charge on any atom is -0.393 e. The lowest BCUT2D eigenvalue weighted by Gasteiger charge is -2.56. The smallest absolute Gasteiger partial charge is 0.352 e. The summed E-state index contributed by atoms with van der Waals surface area (Å²) in [6.45, 7) is 4.58. The van der Waals surface area contributed by atoms with Crippen molar-refractivity contribution in [3.05, 3.63) is 23.0 Å². The van der Waals surface area contributed by atoms with E-state index in [0.717, 1.165) is 44.1 Å². The molecule has 2 fully saturated rings. The van der Waals surface area contributed by atoms with Crippen LogP contribution in [0.3, 0.4) is 0 Å². The number of hydrogen-bond donors (Lipinski definition) is 3. The third-order valence-electron chi connectivity index (χ3n) is 8.07. The Kier molecular flexibility index (Phi) is 3.76. The molecule has 5 heteroatoms. The van der Waals surface area contributed by atoms with Gasteiger partial charge in [0.2, 0.25) is 0 Å². The van der Waals surface area contributed by atoms with Gasteiger partial charge in [-0.25, -0.2) is 0 Å². The van der Waals surface area contributed by atoms with Crippen molar-refractivity contribution in [2.24, 2.45) is 28.6 Å². The van der Waals surface area contributed by atoms with Crippen molar-refractivity contribution < 1.29 is 19.5 Å². The molecule has 4 nitrogen and oxygen atoms in total. The Morgan fingerprint density at radius 1 is 1.12 bits per heavy atom. The average Bonchev–Trinajstić information content (AvgIpc) is 2.81. The van der Waals surface area contributed by atoms with Gasteiger partial charge in [0.05, 0.1) is 6.10 Å². The van der Waals surface area contributed by atoms with Crippen LogP contribution in [-0.2, 0) is 4.57 Å². The molecule has 0 aromatic carbocycles.